The van der Waals surface area contributed by atoms with Gasteiger partial charge in [0.15, 0.2) is 0 Å². The lowest BCUT2D eigenvalue weighted by Gasteiger charge is -2.38. The fourth-order valence-electron chi connectivity index (χ4n) is 2.53. The minimum absolute atomic E-state index is 0.163. The maximum Gasteiger partial charge on any atom is 0.125 e. The minimum atomic E-state index is -0.262. The molecule has 3 N–H and O–H groups in total. The third kappa shape index (κ3) is 2.69. The van der Waals surface area contributed by atoms with E-state index in [2.05, 4.69) is 4.90 Å². The Morgan fingerprint density at radius 3 is 3.00 bits per heavy atom. The van der Waals surface area contributed by atoms with Crippen molar-refractivity contribution < 1.29 is 9.50 Å². The van der Waals surface area contributed by atoms with Gasteiger partial charge in [-0.25, -0.2) is 4.39 Å². The summed E-state index contributed by atoms with van der Waals surface area (Å²) in [4.78, 5) is 2.14. The fourth-order valence-corrected chi connectivity index (χ4v) is 2.53. The first-order chi connectivity index (χ1) is 8.22. The summed E-state index contributed by atoms with van der Waals surface area (Å²) >= 11 is 0. The first-order valence-electron chi connectivity index (χ1n) is 6.15. The van der Waals surface area contributed by atoms with E-state index in [1.165, 1.54) is 12.1 Å². The van der Waals surface area contributed by atoms with Crippen molar-refractivity contribution >= 4 is 11.4 Å². The summed E-state index contributed by atoms with van der Waals surface area (Å²) in [5.41, 5.74) is 7.28. The van der Waals surface area contributed by atoms with Crippen LogP contribution in [-0.2, 0) is 0 Å². The molecular formula is C13H19FN2O. The lowest BCUT2D eigenvalue weighted by molar-refractivity contribution is 0.262. The Bertz CT molecular complexity index is 382. The van der Waals surface area contributed by atoms with Gasteiger partial charge in [0, 0.05) is 19.2 Å². The van der Waals surface area contributed by atoms with Crippen LogP contribution in [0, 0.1) is 5.82 Å². The summed E-state index contributed by atoms with van der Waals surface area (Å²) in [6.07, 6.45) is 4.01. The van der Waals surface area contributed by atoms with Crippen LogP contribution in [0.3, 0.4) is 0 Å². The number of hydrogen-bond acceptors (Lipinski definition) is 3. The van der Waals surface area contributed by atoms with Crippen molar-refractivity contribution in [3.05, 3.63) is 24.0 Å². The maximum absolute atomic E-state index is 13.3. The number of nitrogens with two attached hydrogens (primary N) is 1. The van der Waals surface area contributed by atoms with Crippen molar-refractivity contribution in [1.82, 2.24) is 0 Å². The first kappa shape index (κ1) is 12.2. The van der Waals surface area contributed by atoms with Crippen molar-refractivity contribution in [1.29, 1.82) is 0 Å². The third-order valence-corrected chi connectivity index (χ3v) is 3.39. The molecular weight excluding hydrogens is 219 g/mol. The van der Waals surface area contributed by atoms with E-state index in [-0.39, 0.29) is 18.5 Å². The third-order valence-electron chi connectivity index (χ3n) is 3.39. The highest BCUT2D eigenvalue weighted by atomic mass is 19.1. The molecule has 2 rings (SSSR count). The second-order valence-electron chi connectivity index (χ2n) is 4.56. The van der Waals surface area contributed by atoms with Crippen LogP contribution < -0.4 is 10.6 Å². The van der Waals surface area contributed by atoms with E-state index in [1.807, 2.05) is 0 Å². The Morgan fingerprint density at radius 1 is 1.41 bits per heavy atom. The van der Waals surface area contributed by atoms with Crippen LogP contribution in [0.25, 0.3) is 0 Å². The number of anilines is 2. The molecule has 3 nitrogen and oxygen atoms in total. The Balaban J connectivity index is 2.25. The normalized spacial score (nSPS) is 20.6. The smallest absolute Gasteiger partial charge is 0.125 e. The molecule has 1 atom stereocenters. The monoisotopic (exact) mass is 238 g/mol. The zero-order chi connectivity index (χ0) is 12.3. The topological polar surface area (TPSA) is 49.5 Å². The molecule has 1 heterocycles. The number of nitrogen functional groups attached to an aromatic ring is 1. The molecule has 94 valence electrons. The van der Waals surface area contributed by atoms with Gasteiger partial charge < -0.3 is 15.7 Å². The van der Waals surface area contributed by atoms with Gasteiger partial charge in [-0.2, -0.15) is 0 Å². The zero-order valence-electron chi connectivity index (χ0n) is 9.90. The number of rotatable bonds is 3. The summed E-state index contributed by atoms with van der Waals surface area (Å²) in [6.45, 7) is 1.05. The molecule has 0 amide bonds. The number of hydrogen-bond donors (Lipinski definition) is 2. The van der Waals surface area contributed by atoms with Crippen molar-refractivity contribution in [2.45, 2.75) is 31.7 Å². The first-order valence-corrected chi connectivity index (χ1v) is 6.15. The van der Waals surface area contributed by atoms with E-state index >= 15 is 0 Å². The molecule has 17 heavy (non-hydrogen) atoms. The molecule has 1 saturated heterocycles. The van der Waals surface area contributed by atoms with Crippen LogP contribution >= 0.6 is 0 Å². The molecule has 1 aromatic carbocycles. The van der Waals surface area contributed by atoms with Crippen molar-refractivity contribution in [2.75, 3.05) is 23.8 Å². The SMILES string of the molecule is Nc1ccc(F)cc1N1CCCCC1CCO. The van der Waals surface area contributed by atoms with Crippen LogP contribution in [0.15, 0.2) is 18.2 Å². The Labute approximate surface area is 101 Å². The second-order valence-corrected chi connectivity index (χ2v) is 4.56. The maximum atomic E-state index is 13.3. The molecule has 0 bridgehead atoms. The fraction of sp³-hybridized carbons (Fsp3) is 0.538. The van der Waals surface area contributed by atoms with E-state index in [9.17, 15) is 4.39 Å². The standard InChI is InChI=1S/C13H19FN2O/c14-10-4-5-12(15)13(9-10)16-7-2-1-3-11(16)6-8-17/h4-5,9,11,17H,1-3,6-8,15H2. The van der Waals surface area contributed by atoms with E-state index in [0.717, 1.165) is 37.9 Å². The molecule has 1 unspecified atom stereocenters. The van der Waals surface area contributed by atoms with Gasteiger partial charge in [0.1, 0.15) is 5.82 Å². The Kier molecular flexibility index (Phi) is 3.84. The molecule has 0 radical (unpaired) electrons. The van der Waals surface area contributed by atoms with Gasteiger partial charge in [-0.15, -0.1) is 0 Å². The highest BCUT2D eigenvalue weighted by Crippen LogP contribution is 2.31. The largest absolute Gasteiger partial charge is 0.397 e. The summed E-state index contributed by atoms with van der Waals surface area (Å²) < 4.78 is 13.3. The summed E-state index contributed by atoms with van der Waals surface area (Å²) in [5.74, 6) is -0.262. The van der Waals surface area contributed by atoms with Gasteiger partial charge in [0.05, 0.1) is 11.4 Å². The van der Waals surface area contributed by atoms with Crippen LogP contribution in [0.5, 0.6) is 0 Å². The van der Waals surface area contributed by atoms with E-state index in [0.29, 0.717) is 5.69 Å². The zero-order valence-corrected chi connectivity index (χ0v) is 9.90. The molecule has 0 aromatic heterocycles. The number of aliphatic hydroxyl groups is 1. The molecule has 1 aromatic rings. The molecule has 0 spiro atoms. The van der Waals surface area contributed by atoms with Crippen LogP contribution in [0.1, 0.15) is 25.7 Å². The molecule has 0 aliphatic carbocycles. The van der Waals surface area contributed by atoms with Gasteiger partial charge in [0.25, 0.3) is 0 Å². The molecule has 1 fully saturated rings. The molecule has 4 heteroatoms. The Hall–Kier alpha value is -1.29. The minimum Gasteiger partial charge on any atom is -0.397 e. The average molecular weight is 238 g/mol. The van der Waals surface area contributed by atoms with Gasteiger partial charge in [-0.3, -0.25) is 0 Å². The number of piperidine rings is 1. The quantitative estimate of drug-likeness (QED) is 0.793. The molecule has 1 aliphatic rings. The highest BCUT2D eigenvalue weighted by Gasteiger charge is 2.23. The molecule has 1 aliphatic heterocycles. The van der Waals surface area contributed by atoms with Crippen molar-refractivity contribution in [3.8, 4) is 0 Å². The van der Waals surface area contributed by atoms with Gasteiger partial charge in [0.2, 0.25) is 0 Å². The molecule has 0 saturated carbocycles. The van der Waals surface area contributed by atoms with Crippen molar-refractivity contribution in [2.24, 2.45) is 0 Å². The average Bonchev–Trinajstić information content (AvgIpc) is 2.34. The van der Waals surface area contributed by atoms with Crippen LogP contribution in [0.2, 0.25) is 0 Å². The van der Waals surface area contributed by atoms with E-state index < -0.39 is 0 Å². The predicted molar refractivity (Wildman–Crippen MR) is 67.5 cm³/mol. The number of halogens is 1. The van der Waals surface area contributed by atoms with E-state index in [4.69, 9.17) is 10.8 Å². The van der Waals surface area contributed by atoms with Gasteiger partial charge >= 0.3 is 0 Å². The van der Waals surface area contributed by atoms with Crippen LogP contribution in [-0.4, -0.2) is 24.3 Å². The Morgan fingerprint density at radius 2 is 2.24 bits per heavy atom. The number of benzene rings is 1. The van der Waals surface area contributed by atoms with Gasteiger partial charge in [-0.1, -0.05) is 0 Å². The second kappa shape index (κ2) is 5.36. The highest BCUT2D eigenvalue weighted by molar-refractivity contribution is 5.68. The number of aliphatic hydroxyl groups excluding tert-OH is 1. The lowest BCUT2D eigenvalue weighted by atomic mass is 9.98. The summed E-state index contributed by atoms with van der Waals surface area (Å²) in [6, 6.07) is 4.75. The van der Waals surface area contributed by atoms with Crippen molar-refractivity contribution in [3.63, 3.8) is 0 Å². The summed E-state index contributed by atoms with van der Waals surface area (Å²) in [7, 11) is 0. The van der Waals surface area contributed by atoms with E-state index in [1.54, 1.807) is 6.07 Å². The lowest BCUT2D eigenvalue weighted by Crippen LogP contribution is -2.40. The summed E-state index contributed by atoms with van der Waals surface area (Å²) in [5, 5.41) is 9.08. The van der Waals surface area contributed by atoms with Crippen LogP contribution in [0.4, 0.5) is 15.8 Å². The predicted octanol–water partition coefficient (Wildman–Crippen LogP) is 2.15. The van der Waals surface area contributed by atoms with Gasteiger partial charge in [-0.05, 0) is 43.9 Å². The number of nitrogens with zero attached hydrogens (tertiary/aromatic N) is 1.